The Morgan fingerprint density at radius 1 is 1.57 bits per heavy atom. The first-order chi connectivity index (χ1) is 6.69. The second kappa shape index (κ2) is 4.27. The van der Waals surface area contributed by atoms with Crippen molar-refractivity contribution in [2.75, 3.05) is 7.11 Å². The Balaban J connectivity index is 3.13. The average Bonchev–Trinajstić information content (AvgIpc) is 2.18. The minimum atomic E-state index is -0.533. The van der Waals surface area contributed by atoms with Gasteiger partial charge >= 0.3 is 5.69 Å². The normalized spacial score (nSPS) is 9.21. The van der Waals surface area contributed by atoms with Crippen molar-refractivity contribution in [1.82, 2.24) is 0 Å². The van der Waals surface area contributed by atoms with Crippen molar-refractivity contribution in [2.24, 2.45) is 0 Å². The molecule has 0 aliphatic rings. The van der Waals surface area contributed by atoms with E-state index in [1.807, 2.05) is 0 Å². The van der Waals surface area contributed by atoms with Gasteiger partial charge in [0.2, 0.25) is 0 Å². The molecule has 0 heterocycles. The molecule has 0 amide bonds. The van der Waals surface area contributed by atoms with Crippen LogP contribution in [0, 0.1) is 10.1 Å². The molecule has 0 saturated heterocycles. The van der Waals surface area contributed by atoms with Crippen LogP contribution in [0.2, 0.25) is 0 Å². The van der Waals surface area contributed by atoms with E-state index in [0.29, 0.717) is 5.75 Å². The van der Waals surface area contributed by atoms with E-state index in [0.717, 1.165) is 0 Å². The van der Waals surface area contributed by atoms with Crippen molar-refractivity contribution in [2.45, 2.75) is 0 Å². The maximum atomic E-state index is 10.6. The monoisotopic (exact) mass is 195 g/mol. The summed E-state index contributed by atoms with van der Waals surface area (Å²) in [6, 6.07) is 4.31. The van der Waals surface area contributed by atoms with Crippen LogP contribution in [0.3, 0.4) is 0 Å². The molecule has 1 rings (SSSR count). The van der Waals surface area contributed by atoms with Gasteiger partial charge in [-0.1, -0.05) is 6.58 Å². The van der Waals surface area contributed by atoms with Gasteiger partial charge in [-0.15, -0.1) is 0 Å². The fraction of sp³-hybridized carbons (Fsp3) is 0.111. The largest absolute Gasteiger partial charge is 0.490 e. The summed E-state index contributed by atoms with van der Waals surface area (Å²) in [6.07, 6.45) is 1.20. The molecular formula is C9H9NO4. The molecule has 5 heteroatoms. The van der Waals surface area contributed by atoms with E-state index in [9.17, 15) is 10.1 Å². The lowest BCUT2D eigenvalue weighted by atomic mass is 10.3. The zero-order valence-electron chi connectivity index (χ0n) is 7.60. The molecule has 1 aromatic carbocycles. The van der Waals surface area contributed by atoms with Gasteiger partial charge in [-0.25, -0.2) is 0 Å². The van der Waals surface area contributed by atoms with Crippen LogP contribution < -0.4 is 9.47 Å². The predicted octanol–water partition coefficient (Wildman–Crippen LogP) is 2.13. The van der Waals surface area contributed by atoms with Crippen molar-refractivity contribution in [3.8, 4) is 11.5 Å². The van der Waals surface area contributed by atoms with Gasteiger partial charge in [0, 0.05) is 0 Å². The summed E-state index contributed by atoms with van der Waals surface area (Å²) >= 11 is 0. The Morgan fingerprint density at radius 3 is 2.79 bits per heavy atom. The molecule has 0 unspecified atom stereocenters. The zero-order valence-corrected chi connectivity index (χ0v) is 7.60. The van der Waals surface area contributed by atoms with E-state index in [2.05, 4.69) is 6.58 Å². The van der Waals surface area contributed by atoms with Crippen molar-refractivity contribution in [1.29, 1.82) is 0 Å². The highest BCUT2D eigenvalue weighted by atomic mass is 16.6. The van der Waals surface area contributed by atoms with Crippen LogP contribution in [0.25, 0.3) is 0 Å². The number of hydrogen-bond acceptors (Lipinski definition) is 4. The first kappa shape index (κ1) is 10.0. The number of methoxy groups -OCH3 is 1. The molecule has 0 fully saturated rings. The van der Waals surface area contributed by atoms with Gasteiger partial charge in [-0.2, -0.15) is 0 Å². The van der Waals surface area contributed by atoms with Crippen molar-refractivity contribution < 1.29 is 14.4 Å². The van der Waals surface area contributed by atoms with Gasteiger partial charge in [0.1, 0.15) is 5.75 Å². The third-order valence-electron chi connectivity index (χ3n) is 1.57. The molecule has 0 aromatic heterocycles. The van der Waals surface area contributed by atoms with Crippen LogP contribution in [0.4, 0.5) is 5.69 Å². The fourth-order valence-electron chi connectivity index (χ4n) is 0.982. The second-order valence-corrected chi connectivity index (χ2v) is 2.38. The number of ether oxygens (including phenoxy) is 2. The summed E-state index contributed by atoms with van der Waals surface area (Å²) in [6.45, 7) is 3.35. The lowest BCUT2D eigenvalue weighted by molar-refractivity contribution is -0.385. The van der Waals surface area contributed by atoms with Crippen LogP contribution in [-0.2, 0) is 0 Å². The predicted molar refractivity (Wildman–Crippen MR) is 50.5 cm³/mol. The van der Waals surface area contributed by atoms with Crippen LogP contribution in [-0.4, -0.2) is 12.0 Å². The van der Waals surface area contributed by atoms with Crippen molar-refractivity contribution in [3.05, 3.63) is 41.2 Å². The first-order valence-electron chi connectivity index (χ1n) is 3.79. The highest BCUT2D eigenvalue weighted by Crippen LogP contribution is 2.30. The Bertz CT molecular complexity index is 362. The molecule has 0 saturated carbocycles. The molecule has 1 aromatic rings. The highest BCUT2D eigenvalue weighted by Gasteiger charge is 2.15. The smallest absolute Gasteiger partial charge is 0.314 e. The minimum absolute atomic E-state index is 0.133. The summed E-state index contributed by atoms with van der Waals surface area (Å²) in [7, 11) is 1.37. The van der Waals surface area contributed by atoms with E-state index in [-0.39, 0.29) is 11.4 Å². The number of nitro benzene ring substituents is 1. The van der Waals surface area contributed by atoms with Crippen molar-refractivity contribution >= 4 is 5.69 Å². The van der Waals surface area contributed by atoms with Crippen LogP contribution in [0.5, 0.6) is 11.5 Å². The summed E-state index contributed by atoms with van der Waals surface area (Å²) < 4.78 is 9.72. The molecule has 14 heavy (non-hydrogen) atoms. The third kappa shape index (κ3) is 2.01. The van der Waals surface area contributed by atoms with E-state index >= 15 is 0 Å². The van der Waals surface area contributed by atoms with Crippen molar-refractivity contribution in [3.63, 3.8) is 0 Å². The molecule has 0 bridgehead atoms. The summed E-state index contributed by atoms with van der Waals surface area (Å²) in [5, 5.41) is 10.6. The molecule has 0 aliphatic heterocycles. The van der Waals surface area contributed by atoms with Gasteiger partial charge in [0.25, 0.3) is 0 Å². The second-order valence-electron chi connectivity index (χ2n) is 2.38. The van der Waals surface area contributed by atoms with Gasteiger partial charge in [-0.3, -0.25) is 10.1 Å². The van der Waals surface area contributed by atoms with Gasteiger partial charge in [0.15, 0.2) is 5.75 Å². The molecule has 0 aliphatic carbocycles. The van der Waals surface area contributed by atoms with E-state index < -0.39 is 4.92 Å². The topological polar surface area (TPSA) is 61.6 Å². The molecular weight excluding hydrogens is 186 g/mol. The minimum Gasteiger partial charge on any atom is -0.490 e. The van der Waals surface area contributed by atoms with Crippen LogP contribution in [0.1, 0.15) is 0 Å². The molecule has 0 atom stereocenters. The van der Waals surface area contributed by atoms with E-state index in [1.165, 1.54) is 25.5 Å². The zero-order chi connectivity index (χ0) is 10.6. The van der Waals surface area contributed by atoms with Crippen LogP contribution >= 0.6 is 0 Å². The highest BCUT2D eigenvalue weighted by molar-refractivity contribution is 5.50. The SMILES string of the molecule is C=COc1ccc(OC)c([N+](=O)[O-])c1. The number of benzene rings is 1. The summed E-state index contributed by atoms with van der Waals surface area (Å²) in [5.74, 6) is 0.555. The summed E-state index contributed by atoms with van der Waals surface area (Å²) in [5.41, 5.74) is -0.133. The van der Waals surface area contributed by atoms with Gasteiger partial charge < -0.3 is 9.47 Å². The average molecular weight is 195 g/mol. The lowest BCUT2D eigenvalue weighted by Gasteiger charge is -2.03. The summed E-state index contributed by atoms with van der Waals surface area (Å²) in [4.78, 5) is 10.0. The van der Waals surface area contributed by atoms with Gasteiger partial charge in [-0.05, 0) is 12.1 Å². The number of rotatable bonds is 4. The number of nitrogens with zero attached hydrogens (tertiary/aromatic N) is 1. The molecule has 5 nitrogen and oxygen atoms in total. The maximum absolute atomic E-state index is 10.6. The maximum Gasteiger partial charge on any atom is 0.314 e. The van der Waals surface area contributed by atoms with Crippen LogP contribution in [0.15, 0.2) is 31.0 Å². The fourth-order valence-corrected chi connectivity index (χ4v) is 0.982. The standard InChI is InChI=1S/C9H9NO4/c1-3-14-7-4-5-9(13-2)8(6-7)10(11)12/h3-6H,1H2,2H3. The molecule has 0 radical (unpaired) electrons. The molecule has 0 spiro atoms. The van der Waals surface area contributed by atoms with E-state index in [1.54, 1.807) is 6.07 Å². The number of hydrogen-bond donors (Lipinski definition) is 0. The number of nitro groups is 1. The van der Waals surface area contributed by atoms with Gasteiger partial charge in [0.05, 0.1) is 24.4 Å². The first-order valence-corrected chi connectivity index (χ1v) is 3.79. The Hall–Kier alpha value is -2.04. The Morgan fingerprint density at radius 2 is 2.29 bits per heavy atom. The quantitative estimate of drug-likeness (QED) is 0.419. The molecule has 74 valence electrons. The molecule has 0 N–H and O–H groups in total. The van der Waals surface area contributed by atoms with E-state index in [4.69, 9.17) is 9.47 Å². The lowest BCUT2D eigenvalue weighted by Crippen LogP contribution is -1.94. The third-order valence-corrected chi connectivity index (χ3v) is 1.57. The Kier molecular flexibility index (Phi) is 3.06. The Labute approximate surface area is 80.7 Å².